The highest BCUT2D eigenvalue weighted by Crippen LogP contribution is 2.33. The molecule has 0 amide bonds. The van der Waals surface area contributed by atoms with Crippen molar-refractivity contribution in [2.45, 2.75) is 11.5 Å². The molecule has 8 heteroatoms. The van der Waals surface area contributed by atoms with Crippen molar-refractivity contribution in [1.82, 2.24) is 0 Å². The fraction of sp³-hybridized carbons (Fsp3) is 0.0769. The normalized spacial score (nSPS) is 11.4. The molecule has 0 aliphatic rings. The van der Waals surface area contributed by atoms with Crippen molar-refractivity contribution in [3.05, 3.63) is 57.8 Å². The Morgan fingerprint density at radius 3 is 2.43 bits per heavy atom. The largest absolute Gasteiger partial charge is 0.487 e. The Labute approximate surface area is 131 Å². The van der Waals surface area contributed by atoms with E-state index in [1.807, 2.05) is 0 Å². The number of ether oxygens (including phenoxy) is 1. The van der Waals surface area contributed by atoms with Crippen LogP contribution in [0.5, 0.6) is 5.75 Å². The lowest BCUT2D eigenvalue weighted by atomic mass is 10.2. The number of rotatable bonds is 4. The SMILES string of the molecule is NS(=O)(=O)c1cc(Cl)c(OCc2ccccc2F)cc1Cl. The minimum absolute atomic E-state index is 0.0137. The van der Waals surface area contributed by atoms with E-state index < -0.39 is 15.8 Å². The van der Waals surface area contributed by atoms with E-state index in [-0.39, 0.29) is 27.3 Å². The first-order valence-corrected chi connectivity index (χ1v) is 7.97. The van der Waals surface area contributed by atoms with E-state index in [0.717, 1.165) is 6.07 Å². The molecule has 0 spiro atoms. The summed E-state index contributed by atoms with van der Waals surface area (Å²) in [6.07, 6.45) is 0. The van der Waals surface area contributed by atoms with Crippen molar-refractivity contribution < 1.29 is 17.5 Å². The third-order valence-corrected chi connectivity index (χ3v) is 4.30. The smallest absolute Gasteiger partial charge is 0.239 e. The van der Waals surface area contributed by atoms with E-state index in [9.17, 15) is 12.8 Å². The van der Waals surface area contributed by atoms with E-state index in [1.54, 1.807) is 18.2 Å². The summed E-state index contributed by atoms with van der Waals surface area (Å²) in [5.41, 5.74) is 0.334. The minimum atomic E-state index is -3.98. The number of hydrogen-bond acceptors (Lipinski definition) is 3. The molecule has 0 bridgehead atoms. The van der Waals surface area contributed by atoms with Crippen molar-refractivity contribution in [1.29, 1.82) is 0 Å². The predicted molar refractivity (Wildman–Crippen MR) is 78.6 cm³/mol. The molecule has 0 heterocycles. The van der Waals surface area contributed by atoms with Gasteiger partial charge in [-0.1, -0.05) is 41.4 Å². The number of halogens is 3. The average molecular weight is 350 g/mol. The van der Waals surface area contributed by atoms with Crippen LogP contribution in [-0.4, -0.2) is 8.42 Å². The Balaban J connectivity index is 2.26. The maximum atomic E-state index is 13.5. The van der Waals surface area contributed by atoms with Gasteiger partial charge in [0.2, 0.25) is 10.0 Å². The molecule has 21 heavy (non-hydrogen) atoms. The van der Waals surface area contributed by atoms with Gasteiger partial charge in [-0.2, -0.15) is 0 Å². The van der Waals surface area contributed by atoms with Crippen LogP contribution in [0.25, 0.3) is 0 Å². The third kappa shape index (κ3) is 3.85. The number of primary sulfonamides is 1. The predicted octanol–water partition coefficient (Wildman–Crippen LogP) is 3.36. The Morgan fingerprint density at radius 2 is 1.81 bits per heavy atom. The van der Waals surface area contributed by atoms with Crippen LogP contribution in [0.3, 0.4) is 0 Å². The number of benzene rings is 2. The summed E-state index contributed by atoms with van der Waals surface area (Å²) in [7, 11) is -3.98. The number of sulfonamides is 1. The van der Waals surface area contributed by atoms with Crippen LogP contribution >= 0.6 is 23.2 Å². The van der Waals surface area contributed by atoms with Crippen molar-refractivity contribution >= 4 is 33.2 Å². The van der Waals surface area contributed by atoms with E-state index in [4.69, 9.17) is 33.1 Å². The molecule has 0 aliphatic heterocycles. The standard InChI is InChI=1S/C13H10Cl2FNO3S/c14-9-6-13(21(17,18)19)10(15)5-12(9)20-7-8-3-1-2-4-11(8)16/h1-6H,7H2,(H2,17,18,19). The van der Waals surface area contributed by atoms with Gasteiger partial charge in [-0.25, -0.2) is 17.9 Å². The molecule has 2 aromatic carbocycles. The molecule has 2 N–H and O–H groups in total. The van der Waals surface area contributed by atoms with Gasteiger partial charge in [0.1, 0.15) is 23.1 Å². The highest BCUT2D eigenvalue weighted by atomic mass is 35.5. The highest BCUT2D eigenvalue weighted by Gasteiger charge is 2.17. The molecule has 0 aromatic heterocycles. The Hall–Kier alpha value is -1.34. The molecule has 4 nitrogen and oxygen atoms in total. The van der Waals surface area contributed by atoms with Gasteiger partial charge in [-0.05, 0) is 12.1 Å². The zero-order valence-corrected chi connectivity index (χ0v) is 12.8. The van der Waals surface area contributed by atoms with Crippen LogP contribution in [0, 0.1) is 5.82 Å². The van der Waals surface area contributed by atoms with Gasteiger partial charge in [-0.3, -0.25) is 0 Å². The lowest BCUT2D eigenvalue weighted by molar-refractivity contribution is 0.300. The Kier molecular flexibility index (Phi) is 4.73. The molecule has 0 fully saturated rings. The summed E-state index contributed by atoms with van der Waals surface area (Å²) in [6.45, 7) is -0.0720. The number of nitrogens with two attached hydrogens (primary N) is 1. The molecule has 112 valence electrons. The van der Waals surface area contributed by atoms with Crippen LogP contribution < -0.4 is 9.88 Å². The van der Waals surface area contributed by atoms with E-state index >= 15 is 0 Å². The first kappa shape index (κ1) is 16.0. The Morgan fingerprint density at radius 1 is 1.14 bits per heavy atom. The molecule has 0 aliphatic carbocycles. The van der Waals surface area contributed by atoms with Crippen molar-refractivity contribution in [3.8, 4) is 5.75 Å². The summed E-state index contributed by atoms with van der Waals surface area (Å²) in [5.74, 6) is -0.279. The fourth-order valence-corrected chi connectivity index (χ4v) is 2.98. The molecule has 0 unspecified atom stereocenters. The fourth-order valence-electron chi connectivity index (χ4n) is 1.61. The molecule has 0 saturated carbocycles. The summed E-state index contributed by atoms with van der Waals surface area (Å²) in [5, 5.41) is 4.89. The second kappa shape index (κ2) is 6.19. The first-order chi connectivity index (χ1) is 9.79. The van der Waals surface area contributed by atoms with Crippen LogP contribution in [0.4, 0.5) is 4.39 Å². The van der Waals surface area contributed by atoms with Crippen molar-refractivity contribution in [2.24, 2.45) is 5.14 Å². The molecular weight excluding hydrogens is 340 g/mol. The summed E-state index contributed by atoms with van der Waals surface area (Å²) >= 11 is 11.7. The molecule has 2 rings (SSSR count). The van der Waals surface area contributed by atoms with Crippen molar-refractivity contribution in [2.75, 3.05) is 0 Å². The maximum Gasteiger partial charge on any atom is 0.239 e. The van der Waals surface area contributed by atoms with E-state index in [1.165, 1.54) is 12.1 Å². The van der Waals surface area contributed by atoms with Gasteiger partial charge in [0.25, 0.3) is 0 Å². The van der Waals surface area contributed by atoms with E-state index in [0.29, 0.717) is 5.56 Å². The third-order valence-electron chi connectivity index (χ3n) is 2.63. The van der Waals surface area contributed by atoms with Crippen LogP contribution in [-0.2, 0) is 16.6 Å². The quantitative estimate of drug-likeness (QED) is 0.919. The van der Waals surface area contributed by atoms with Crippen molar-refractivity contribution in [3.63, 3.8) is 0 Å². The maximum absolute atomic E-state index is 13.5. The first-order valence-electron chi connectivity index (χ1n) is 5.67. The topological polar surface area (TPSA) is 69.4 Å². The van der Waals surface area contributed by atoms with Gasteiger partial charge in [0, 0.05) is 11.6 Å². The Bertz CT molecular complexity index is 781. The zero-order chi connectivity index (χ0) is 15.6. The van der Waals surface area contributed by atoms with Gasteiger partial charge in [0.05, 0.1) is 10.0 Å². The average Bonchev–Trinajstić information content (AvgIpc) is 2.39. The van der Waals surface area contributed by atoms with E-state index in [2.05, 4.69) is 0 Å². The second-order valence-corrected chi connectivity index (χ2v) is 6.48. The zero-order valence-electron chi connectivity index (χ0n) is 10.5. The molecule has 0 atom stereocenters. The van der Waals surface area contributed by atoms with Crippen LogP contribution in [0.2, 0.25) is 10.0 Å². The van der Waals surface area contributed by atoms with Crippen LogP contribution in [0.15, 0.2) is 41.3 Å². The summed E-state index contributed by atoms with van der Waals surface area (Å²) < 4.78 is 41.4. The van der Waals surface area contributed by atoms with Gasteiger partial charge < -0.3 is 4.74 Å². The summed E-state index contributed by atoms with van der Waals surface area (Å²) in [4.78, 5) is -0.299. The molecular formula is C13H10Cl2FNO3S. The second-order valence-electron chi connectivity index (χ2n) is 4.14. The lowest BCUT2D eigenvalue weighted by Crippen LogP contribution is -2.13. The van der Waals surface area contributed by atoms with Gasteiger partial charge in [-0.15, -0.1) is 0 Å². The molecule has 2 aromatic rings. The molecule has 0 radical (unpaired) electrons. The van der Waals surface area contributed by atoms with Crippen LogP contribution in [0.1, 0.15) is 5.56 Å². The monoisotopic (exact) mass is 349 g/mol. The summed E-state index contributed by atoms with van der Waals surface area (Å²) in [6, 6.07) is 8.41. The van der Waals surface area contributed by atoms with Gasteiger partial charge in [0.15, 0.2) is 0 Å². The molecule has 0 saturated heterocycles. The minimum Gasteiger partial charge on any atom is -0.487 e. The number of hydrogen-bond donors (Lipinski definition) is 1. The highest BCUT2D eigenvalue weighted by molar-refractivity contribution is 7.89. The van der Waals surface area contributed by atoms with Gasteiger partial charge >= 0.3 is 0 Å². The lowest BCUT2D eigenvalue weighted by Gasteiger charge is -2.11.